The molecule has 1 fully saturated rings. The number of nitrogens with one attached hydrogen (secondary N) is 1. The maximum absolute atomic E-state index is 11.7. The molecule has 1 saturated heterocycles. The van der Waals surface area contributed by atoms with E-state index < -0.39 is 44.1 Å². The molecule has 0 radical (unpaired) electrons. The molecule has 1 aliphatic heterocycles. The van der Waals surface area contributed by atoms with Crippen molar-refractivity contribution in [2.75, 3.05) is 6.61 Å². The monoisotopic (exact) mass is 332 g/mol. The number of H-pyrrole nitrogens is 1. The van der Waals surface area contributed by atoms with Crippen molar-refractivity contribution in [1.82, 2.24) is 9.55 Å². The van der Waals surface area contributed by atoms with E-state index in [-0.39, 0.29) is 6.42 Å². The molecular weight excluding hydrogens is 317 g/mol. The summed E-state index contributed by atoms with van der Waals surface area (Å²) in [6, 6.07) is 0. The van der Waals surface area contributed by atoms with Crippen molar-refractivity contribution >= 4 is 7.82 Å². The largest absolute Gasteiger partial charge is 0.469 e. The summed E-state index contributed by atoms with van der Waals surface area (Å²) in [6.07, 6.45) is -1.57. The van der Waals surface area contributed by atoms with E-state index in [4.69, 9.17) is 14.5 Å². The lowest BCUT2D eigenvalue weighted by atomic mass is 11.1. The zero-order valence-electron chi connectivity index (χ0n) is 11.0. The maximum Gasteiger partial charge on any atom is 0.469 e. The van der Waals surface area contributed by atoms with Crippen LogP contribution in [0.5, 0.6) is 0 Å². The minimum absolute atomic E-state index is 0.0283. The van der Waals surface area contributed by atoms with E-state index in [1.54, 1.807) is 0 Å². The summed E-state index contributed by atoms with van der Waals surface area (Å²) < 4.78 is 21.4. The van der Waals surface area contributed by atoms with Gasteiger partial charge in [0.05, 0.1) is 12.7 Å². The molecule has 1 aromatic rings. The van der Waals surface area contributed by atoms with Crippen LogP contribution >= 0.6 is 7.82 Å². The van der Waals surface area contributed by atoms with Crippen LogP contribution in [0, 0.1) is 6.92 Å². The molecule has 0 aromatic carbocycles. The average molecular weight is 332 g/mol. The Morgan fingerprint density at radius 2 is 2.19 bits per heavy atom. The fraction of sp³-hybridized carbons (Fsp3) is 0.600. The lowest BCUT2D eigenvalue weighted by Crippen LogP contribution is -2.33. The molecule has 11 heteroatoms. The fourth-order valence-electron chi connectivity index (χ4n) is 2.01. The summed E-state index contributed by atoms with van der Waals surface area (Å²) in [7, 11) is -4.67. The summed E-state index contributed by atoms with van der Waals surface area (Å²) in [6.45, 7) is 0.994. The van der Waals surface area contributed by atoms with Gasteiger partial charge in [-0.2, -0.15) is 0 Å². The van der Waals surface area contributed by atoms with Gasteiger partial charge >= 0.3 is 13.5 Å². The minimum Gasteiger partial charge on any atom is -0.390 e. The summed E-state index contributed by atoms with van der Waals surface area (Å²) in [4.78, 5) is 42.3. The Kier molecular flexibility index (Phi) is 4.47. The van der Waals surface area contributed by atoms with Gasteiger partial charge in [-0.15, -0.1) is 0 Å². The van der Waals surface area contributed by atoms with Crippen molar-refractivity contribution in [2.24, 2.45) is 0 Å². The third kappa shape index (κ3) is 3.88. The number of aromatic nitrogens is 2. The number of phosphoric acid groups is 1. The van der Waals surface area contributed by atoms with E-state index in [9.17, 15) is 19.3 Å². The predicted octanol–water partition coefficient (Wildman–Crippen LogP) is -1.40. The molecule has 2 rings (SSSR count). The van der Waals surface area contributed by atoms with Gasteiger partial charge in [0.25, 0.3) is 5.56 Å². The second kappa shape index (κ2) is 5.84. The van der Waals surface area contributed by atoms with Crippen molar-refractivity contribution in [2.45, 2.75) is 31.8 Å². The second-order valence-electron chi connectivity index (χ2n) is 4.70. The number of hydrogen-bond acceptors (Lipinski definition) is 6. The zero-order valence-corrected chi connectivity index (χ0v) is 11.9. The topological polar surface area (TPSA) is 151 Å². The molecule has 0 spiro atoms. The van der Waals surface area contributed by atoms with E-state index >= 15 is 0 Å². The number of nitrogens with zero attached hydrogens (tertiary/aromatic N) is 1. The quantitative estimate of drug-likeness (QED) is 0.388. The first-order valence-corrected chi connectivity index (χ1v) is 7.56. The van der Waals surface area contributed by atoms with Gasteiger partial charge in [0.1, 0.15) is 12.3 Å². The Morgan fingerprint density at radius 3 is 2.81 bits per heavy atom. The summed E-state index contributed by atoms with van der Waals surface area (Å²) in [5, 5.41) is 9.79. The molecule has 0 aliphatic carbocycles. The van der Waals surface area contributed by atoms with Crippen LogP contribution in [0.4, 0.5) is 0 Å². The SMILES string of the molecule is [13CH3][13c]1[13cH]n([13C@H]2[13CH2][13C@@H](O)[13C@@H]([13CH2]OP(=O)(O)O)O2)[13c](=O)[nH][13c]1=O. The molecule has 0 bridgehead atoms. The van der Waals surface area contributed by atoms with Crippen LogP contribution in [-0.4, -0.2) is 43.3 Å². The number of ether oxygens (including phenoxy) is 1. The van der Waals surface area contributed by atoms with Crippen LogP contribution < -0.4 is 11.2 Å². The number of aromatic amines is 1. The first kappa shape index (κ1) is 16.1. The molecule has 10 nitrogen and oxygen atoms in total. The third-order valence-electron chi connectivity index (χ3n) is 3.07. The molecule has 118 valence electrons. The lowest BCUT2D eigenvalue weighted by Gasteiger charge is -2.16. The minimum atomic E-state index is -4.67. The third-order valence-corrected chi connectivity index (χ3v) is 3.55. The van der Waals surface area contributed by atoms with Crippen LogP contribution in [0.25, 0.3) is 0 Å². The van der Waals surface area contributed by atoms with Gasteiger partial charge in [-0.05, 0) is 6.92 Å². The van der Waals surface area contributed by atoms with Gasteiger partial charge in [-0.25, -0.2) is 9.36 Å². The van der Waals surface area contributed by atoms with Gasteiger partial charge in [-0.3, -0.25) is 18.9 Å². The van der Waals surface area contributed by atoms with E-state index in [1.807, 2.05) is 0 Å². The zero-order chi connectivity index (χ0) is 15.8. The van der Waals surface area contributed by atoms with E-state index in [1.165, 1.54) is 13.1 Å². The number of phosphoric ester groups is 1. The van der Waals surface area contributed by atoms with Gasteiger partial charge in [0.2, 0.25) is 0 Å². The molecule has 3 atom stereocenters. The highest BCUT2D eigenvalue weighted by Gasteiger charge is 2.37. The van der Waals surface area contributed by atoms with Crippen LogP contribution in [0.1, 0.15) is 18.2 Å². The van der Waals surface area contributed by atoms with Crippen molar-refractivity contribution < 1.29 is 28.7 Å². The predicted molar refractivity (Wildman–Crippen MR) is 68.6 cm³/mol. The van der Waals surface area contributed by atoms with E-state index in [2.05, 4.69) is 9.51 Å². The molecule has 21 heavy (non-hydrogen) atoms. The molecule has 0 amide bonds. The highest BCUT2D eigenvalue weighted by Crippen LogP contribution is 2.38. The Morgan fingerprint density at radius 1 is 1.52 bits per heavy atom. The first-order valence-electron chi connectivity index (χ1n) is 6.03. The van der Waals surface area contributed by atoms with Gasteiger partial charge < -0.3 is 19.6 Å². The second-order valence-corrected chi connectivity index (χ2v) is 5.94. The molecule has 1 aliphatic rings. The van der Waals surface area contributed by atoms with Crippen molar-refractivity contribution in [3.05, 3.63) is 32.6 Å². The molecular formula is C10H15N2O8P. The lowest BCUT2D eigenvalue weighted by molar-refractivity contribution is -0.0451. The van der Waals surface area contributed by atoms with Crippen LogP contribution in [0.3, 0.4) is 0 Å². The molecule has 1 aromatic heterocycles. The number of aliphatic hydroxyl groups excluding tert-OH is 1. The van der Waals surface area contributed by atoms with E-state index in [0.717, 1.165) is 4.57 Å². The Labute approximate surface area is 118 Å². The standard InChI is InChI=1S/C10H15N2O8P/c1-5-3-12(10(15)11-9(5)14)8-2-6(13)7(20-8)4-19-21(16,17)18/h3,6-8,13H,2,4H2,1H3,(H,11,14,15)(H2,16,17,18)/t6-,7-,8-/m1/s1/i1+1,2+1,3+1,4+1,5+1,6+1,7+1,8+1,9+1,10+1. The highest BCUT2D eigenvalue weighted by atomic mass is 31.2. The maximum atomic E-state index is 11.7. The van der Waals surface area contributed by atoms with Crippen molar-refractivity contribution in [3.8, 4) is 0 Å². The smallest absolute Gasteiger partial charge is 0.390 e. The van der Waals surface area contributed by atoms with Gasteiger partial charge in [0.15, 0.2) is 0 Å². The number of hydrogen-bond donors (Lipinski definition) is 4. The Balaban J connectivity index is 2.14. The number of aliphatic hydroxyl groups is 1. The van der Waals surface area contributed by atoms with Gasteiger partial charge in [-0.1, -0.05) is 0 Å². The Bertz CT molecular complexity index is 676. The summed E-state index contributed by atoms with van der Waals surface area (Å²) in [5.41, 5.74) is -0.918. The van der Waals surface area contributed by atoms with Crippen molar-refractivity contribution in [3.63, 3.8) is 0 Å². The highest BCUT2D eigenvalue weighted by molar-refractivity contribution is 7.46. The van der Waals surface area contributed by atoms with Crippen LogP contribution in [0.2, 0.25) is 0 Å². The first-order chi connectivity index (χ1) is 9.67. The number of rotatable bonds is 4. The van der Waals surface area contributed by atoms with Crippen molar-refractivity contribution in [1.29, 1.82) is 0 Å². The normalized spacial score (nSPS) is 26.2. The summed E-state index contributed by atoms with van der Waals surface area (Å²) >= 11 is 0. The summed E-state index contributed by atoms with van der Waals surface area (Å²) in [5.74, 6) is 0. The molecule has 2 heterocycles. The molecule has 4 N–H and O–H groups in total. The van der Waals surface area contributed by atoms with Crippen LogP contribution in [-0.2, 0) is 13.8 Å². The van der Waals surface area contributed by atoms with Gasteiger partial charge in [0, 0.05) is 18.2 Å². The fourth-order valence-corrected chi connectivity index (χ4v) is 2.35. The molecule has 0 unspecified atom stereocenters. The molecule has 0 saturated carbocycles. The van der Waals surface area contributed by atoms with Crippen LogP contribution in [0.15, 0.2) is 15.8 Å². The van der Waals surface area contributed by atoms with E-state index in [0.29, 0.717) is 5.56 Å². The average Bonchev–Trinajstić information content (AvgIpc) is 2.72. The Hall–Kier alpha value is -1.29. The number of aryl methyl sites for hydroxylation is 1.